The summed E-state index contributed by atoms with van der Waals surface area (Å²) in [5, 5.41) is 22.7. The standard InChI is InChI=1S/C14H14N6O4/c1-24-12-6-9(20-8-15-17-18-20)2-3-10(12)16-11-7-13(22)19(4-5-21)14(11)23/h2-3,6-8,16,21H,4-5H2,1H3. The Hall–Kier alpha value is -3.27. The van der Waals surface area contributed by atoms with Gasteiger partial charge in [0, 0.05) is 12.1 Å². The summed E-state index contributed by atoms with van der Waals surface area (Å²) in [4.78, 5) is 24.9. The van der Waals surface area contributed by atoms with Crippen LogP contribution in [0.4, 0.5) is 5.69 Å². The van der Waals surface area contributed by atoms with Gasteiger partial charge in [0.2, 0.25) is 0 Å². The number of carbonyl (C=O) groups is 2. The minimum absolute atomic E-state index is 0.0469. The summed E-state index contributed by atoms with van der Waals surface area (Å²) in [7, 11) is 1.48. The first kappa shape index (κ1) is 15.6. The van der Waals surface area contributed by atoms with Crippen LogP contribution in [0.15, 0.2) is 36.3 Å². The molecule has 1 aliphatic heterocycles. The van der Waals surface area contributed by atoms with Gasteiger partial charge in [-0.3, -0.25) is 14.5 Å². The normalized spacial score (nSPS) is 14.1. The molecule has 2 amide bonds. The predicted octanol–water partition coefficient (Wildman–Crippen LogP) is -0.672. The van der Waals surface area contributed by atoms with E-state index in [1.54, 1.807) is 18.2 Å². The summed E-state index contributed by atoms with van der Waals surface area (Å²) in [5.74, 6) is -0.522. The van der Waals surface area contributed by atoms with Crippen LogP contribution in [0.5, 0.6) is 5.75 Å². The number of aromatic nitrogens is 4. The molecular weight excluding hydrogens is 316 g/mol. The van der Waals surface area contributed by atoms with E-state index in [1.165, 1.54) is 24.2 Å². The van der Waals surface area contributed by atoms with Crippen molar-refractivity contribution < 1.29 is 19.4 Å². The largest absolute Gasteiger partial charge is 0.494 e. The van der Waals surface area contributed by atoms with Crippen molar-refractivity contribution in [2.75, 3.05) is 25.6 Å². The number of imide groups is 1. The van der Waals surface area contributed by atoms with Crippen LogP contribution in [0.1, 0.15) is 0 Å². The number of anilines is 1. The topological polar surface area (TPSA) is 122 Å². The Bertz CT molecular complexity index is 802. The molecule has 10 heteroatoms. The van der Waals surface area contributed by atoms with Crippen LogP contribution in [0.3, 0.4) is 0 Å². The zero-order chi connectivity index (χ0) is 17.1. The van der Waals surface area contributed by atoms with Crippen molar-refractivity contribution in [2.24, 2.45) is 0 Å². The van der Waals surface area contributed by atoms with Gasteiger partial charge in [-0.1, -0.05) is 0 Å². The Balaban J connectivity index is 1.84. The monoisotopic (exact) mass is 330 g/mol. The molecule has 1 aromatic heterocycles. The number of hydrogen-bond donors (Lipinski definition) is 2. The fraction of sp³-hybridized carbons (Fsp3) is 0.214. The maximum atomic E-state index is 12.2. The lowest BCUT2D eigenvalue weighted by Gasteiger charge is -2.15. The number of aliphatic hydroxyl groups is 1. The highest BCUT2D eigenvalue weighted by molar-refractivity contribution is 6.17. The number of aliphatic hydroxyl groups excluding tert-OH is 1. The van der Waals surface area contributed by atoms with Crippen molar-refractivity contribution in [3.63, 3.8) is 0 Å². The number of β-amino-alcohol motifs (C(OH)–C–C–N with tert-alkyl or cyclic N) is 1. The third-order valence-corrected chi connectivity index (χ3v) is 3.40. The Labute approximate surface area is 136 Å². The third kappa shape index (κ3) is 2.82. The molecule has 0 aliphatic carbocycles. The molecule has 0 bridgehead atoms. The fourth-order valence-electron chi connectivity index (χ4n) is 2.26. The molecule has 1 aliphatic rings. The molecule has 1 aromatic carbocycles. The first-order valence-electron chi connectivity index (χ1n) is 7.01. The van der Waals surface area contributed by atoms with Gasteiger partial charge in [0.15, 0.2) is 0 Å². The van der Waals surface area contributed by atoms with Gasteiger partial charge in [0.05, 0.1) is 31.6 Å². The summed E-state index contributed by atoms with van der Waals surface area (Å²) in [6, 6.07) is 5.10. The van der Waals surface area contributed by atoms with E-state index in [0.717, 1.165) is 4.90 Å². The zero-order valence-electron chi connectivity index (χ0n) is 12.7. The van der Waals surface area contributed by atoms with Crippen LogP contribution in [0.25, 0.3) is 5.69 Å². The SMILES string of the molecule is COc1cc(-n2cnnn2)ccc1NC1=CC(=O)N(CCO)C1=O. The second kappa shape index (κ2) is 6.46. The summed E-state index contributed by atoms with van der Waals surface area (Å²) < 4.78 is 6.77. The molecule has 3 rings (SSSR count). The molecule has 0 unspecified atom stereocenters. The molecule has 124 valence electrons. The Morgan fingerprint density at radius 1 is 1.33 bits per heavy atom. The van der Waals surface area contributed by atoms with Crippen LogP contribution in [-0.2, 0) is 9.59 Å². The lowest BCUT2D eigenvalue weighted by atomic mass is 10.2. The summed E-state index contributed by atoms with van der Waals surface area (Å²) in [6.07, 6.45) is 2.63. The van der Waals surface area contributed by atoms with Crippen LogP contribution < -0.4 is 10.1 Å². The molecule has 10 nitrogen and oxygen atoms in total. The number of methoxy groups -OCH3 is 1. The first-order valence-corrected chi connectivity index (χ1v) is 7.01. The molecule has 0 radical (unpaired) electrons. The number of amides is 2. The van der Waals surface area contributed by atoms with Gasteiger partial charge in [-0.2, -0.15) is 0 Å². The molecule has 0 spiro atoms. The minimum Gasteiger partial charge on any atom is -0.494 e. The third-order valence-electron chi connectivity index (χ3n) is 3.40. The highest BCUT2D eigenvalue weighted by Crippen LogP contribution is 2.29. The summed E-state index contributed by atoms with van der Waals surface area (Å²) in [5.41, 5.74) is 1.29. The van der Waals surface area contributed by atoms with Crippen LogP contribution in [0.2, 0.25) is 0 Å². The number of nitrogens with zero attached hydrogens (tertiary/aromatic N) is 5. The molecule has 2 N–H and O–H groups in total. The van der Waals surface area contributed by atoms with Gasteiger partial charge in [-0.15, -0.1) is 5.10 Å². The Morgan fingerprint density at radius 2 is 2.17 bits per heavy atom. The van der Waals surface area contributed by atoms with E-state index < -0.39 is 11.8 Å². The van der Waals surface area contributed by atoms with Crippen LogP contribution in [0, 0.1) is 0 Å². The van der Waals surface area contributed by atoms with E-state index in [1.807, 2.05) is 0 Å². The van der Waals surface area contributed by atoms with E-state index in [2.05, 4.69) is 20.8 Å². The fourth-order valence-corrected chi connectivity index (χ4v) is 2.26. The van der Waals surface area contributed by atoms with E-state index in [4.69, 9.17) is 9.84 Å². The van der Waals surface area contributed by atoms with Gasteiger partial charge in [-0.25, -0.2) is 4.68 Å². The van der Waals surface area contributed by atoms with Crippen molar-refractivity contribution in [1.82, 2.24) is 25.1 Å². The maximum Gasteiger partial charge on any atom is 0.277 e. The smallest absolute Gasteiger partial charge is 0.277 e. The number of rotatable bonds is 6. The van der Waals surface area contributed by atoms with Gasteiger partial charge >= 0.3 is 0 Å². The van der Waals surface area contributed by atoms with E-state index >= 15 is 0 Å². The number of hydrogen-bond acceptors (Lipinski definition) is 8. The van der Waals surface area contributed by atoms with E-state index in [0.29, 0.717) is 17.1 Å². The first-order chi connectivity index (χ1) is 11.6. The number of benzene rings is 1. The molecule has 0 saturated heterocycles. The number of ether oxygens (including phenoxy) is 1. The average Bonchev–Trinajstić information content (AvgIpc) is 3.20. The molecular formula is C14H14N6O4. The van der Waals surface area contributed by atoms with Crippen LogP contribution >= 0.6 is 0 Å². The van der Waals surface area contributed by atoms with Gasteiger partial charge in [0.25, 0.3) is 11.8 Å². The second-order valence-electron chi connectivity index (χ2n) is 4.84. The molecule has 2 heterocycles. The van der Waals surface area contributed by atoms with Crippen molar-refractivity contribution in [2.45, 2.75) is 0 Å². The van der Waals surface area contributed by atoms with Gasteiger partial charge in [-0.05, 0) is 22.6 Å². The summed E-state index contributed by atoms with van der Waals surface area (Å²) >= 11 is 0. The Kier molecular flexibility index (Phi) is 4.20. The Morgan fingerprint density at radius 3 is 2.83 bits per heavy atom. The minimum atomic E-state index is -0.499. The molecule has 24 heavy (non-hydrogen) atoms. The van der Waals surface area contributed by atoms with Crippen molar-refractivity contribution in [3.05, 3.63) is 36.3 Å². The highest BCUT2D eigenvalue weighted by Gasteiger charge is 2.31. The van der Waals surface area contributed by atoms with Crippen LogP contribution in [-0.4, -0.2) is 62.3 Å². The lowest BCUT2D eigenvalue weighted by Crippen LogP contribution is -2.34. The summed E-state index contributed by atoms with van der Waals surface area (Å²) in [6.45, 7) is -0.336. The van der Waals surface area contributed by atoms with E-state index in [9.17, 15) is 9.59 Å². The molecule has 0 atom stereocenters. The van der Waals surface area contributed by atoms with Crippen molar-refractivity contribution in [3.8, 4) is 11.4 Å². The molecule has 2 aromatic rings. The zero-order valence-corrected chi connectivity index (χ0v) is 12.7. The molecule has 0 saturated carbocycles. The quantitative estimate of drug-likeness (QED) is 0.669. The van der Waals surface area contributed by atoms with E-state index in [-0.39, 0.29) is 18.8 Å². The van der Waals surface area contributed by atoms with Crippen molar-refractivity contribution >= 4 is 17.5 Å². The highest BCUT2D eigenvalue weighted by atomic mass is 16.5. The molecule has 0 fully saturated rings. The number of carbonyl (C=O) groups excluding carboxylic acids is 2. The van der Waals surface area contributed by atoms with Crippen molar-refractivity contribution in [1.29, 1.82) is 0 Å². The predicted molar refractivity (Wildman–Crippen MR) is 81.2 cm³/mol. The number of tetrazole rings is 1. The van der Waals surface area contributed by atoms with Gasteiger partial charge in [0.1, 0.15) is 17.8 Å². The average molecular weight is 330 g/mol. The number of nitrogens with one attached hydrogen (secondary N) is 1. The van der Waals surface area contributed by atoms with Gasteiger partial charge < -0.3 is 15.2 Å². The second-order valence-corrected chi connectivity index (χ2v) is 4.84. The maximum absolute atomic E-state index is 12.2. The lowest BCUT2D eigenvalue weighted by molar-refractivity contribution is -0.137.